The number of hydrogen-bond donors (Lipinski definition) is 0. The fraction of sp³-hybridized carbons (Fsp3) is 0.323. The minimum absolute atomic E-state index is 0.0333. The van der Waals surface area contributed by atoms with Gasteiger partial charge < -0.3 is 14.4 Å². The highest BCUT2D eigenvalue weighted by Gasteiger charge is 2.21. The number of thiophene rings is 1. The van der Waals surface area contributed by atoms with Crippen LogP contribution in [0.3, 0.4) is 0 Å². The zero-order valence-electron chi connectivity index (χ0n) is 20.9. The van der Waals surface area contributed by atoms with Crippen LogP contribution in [0, 0.1) is 0 Å². The Balaban J connectivity index is 1.30. The third-order valence-corrected chi connectivity index (χ3v) is 8.10. The van der Waals surface area contributed by atoms with Gasteiger partial charge in [-0.1, -0.05) is 31.0 Å². The number of methoxy groups -OCH3 is 1. The van der Waals surface area contributed by atoms with Gasteiger partial charge >= 0.3 is 0 Å². The number of carbonyl (C=O) groups is 1. The van der Waals surface area contributed by atoms with E-state index < -0.39 is 0 Å². The van der Waals surface area contributed by atoms with Crippen molar-refractivity contribution in [2.45, 2.75) is 32.1 Å². The van der Waals surface area contributed by atoms with Gasteiger partial charge in [-0.3, -0.25) is 4.79 Å². The van der Waals surface area contributed by atoms with Crippen LogP contribution in [0.5, 0.6) is 11.5 Å². The molecule has 1 aliphatic rings. The fourth-order valence-electron chi connectivity index (χ4n) is 4.90. The van der Waals surface area contributed by atoms with Crippen LogP contribution < -0.4 is 9.47 Å². The van der Waals surface area contributed by atoms with Crippen molar-refractivity contribution in [3.8, 4) is 21.9 Å². The van der Waals surface area contributed by atoms with Crippen molar-refractivity contribution in [2.75, 3.05) is 33.4 Å². The molecular weight excluding hydrogens is 466 g/mol. The molecule has 0 bridgehead atoms. The monoisotopic (exact) mass is 499 g/mol. The quantitative estimate of drug-likeness (QED) is 0.177. The van der Waals surface area contributed by atoms with Gasteiger partial charge in [0.2, 0.25) is 0 Å². The number of likely N-dealkylation sites (tertiary alicyclic amines) is 1. The summed E-state index contributed by atoms with van der Waals surface area (Å²) in [5.41, 5.74) is 2.45. The Bertz CT molecular complexity index is 1290. The molecule has 0 amide bonds. The summed E-state index contributed by atoms with van der Waals surface area (Å²) in [6, 6.07) is 23.6. The predicted octanol–water partition coefficient (Wildman–Crippen LogP) is 7.45. The van der Waals surface area contributed by atoms with Crippen LogP contribution in [-0.2, 0) is 0 Å². The van der Waals surface area contributed by atoms with Gasteiger partial charge in [-0.25, -0.2) is 0 Å². The number of hydrogen-bond acceptors (Lipinski definition) is 5. The lowest BCUT2D eigenvalue weighted by molar-refractivity contribution is 0.104. The molecule has 0 unspecified atom stereocenters. The molecular formula is C31H33NO3S. The smallest absolute Gasteiger partial charge is 0.195 e. The second kappa shape index (κ2) is 11.7. The van der Waals surface area contributed by atoms with E-state index in [4.69, 9.17) is 9.47 Å². The highest BCUT2D eigenvalue weighted by molar-refractivity contribution is 7.22. The second-order valence-corrected chi connectivity index (χ2v) is 10.4. The maximum Gasteiger partial charge on any atom is 0.195 e. The van der Waals surface area contributed by atoms with Crippen molar-refractivity contribution in [1.82, 2.24) is 4.90 Å². The minimum Gasteiger partial charge on any atom is -0.497 e. The maximum absolute atomic E-state index is 13.7. The zero-order chi connectivity index (χ0) is 24.7. The summed E-state index contributed by atoms with van der Waals surface area (Å²) in [6.45, 7) is 4.22. The lowest BCUT2D eigenvalue weighted by Crippen LogP contribution is -2.26. The number of rotatable bonds is 9. The summed E-state index contributed by atoms with van der Waals surface area (Å²) in [5.74, 6) is 1.65. The minimum atomic E-state index is 0.0333. The molecule has 36 heavy (non-hydrogen) atoms. The van der Waals surface area contributed by atoms with Crippen molar-refractivity contribution in [2.24, 2.45) is 0 Å². The summed E-state index contributed by atoms with van der Waals surface area (Å²) in [7, 11) is 1.66. The van der Waals surface area contributed by atoms with E-state index in [-0.39, 0.29) is 5.78 Å². The van der Waals surface area contributed by atoms with Gasteiger partial charge in [0.15, 0.2) is 5.78 Å². The van der Waals surface area contributed by atoms with Crippen LogP contribution in [0.2, 0.25) is 0 Å². The summed E-state index contributed by atoms with van der Waals surface area (Å²) in [6.07, 6.45) is 6.38. The van der Waals surface area contributed by atoms with E-state index in [1.165, 1.54) is 38.8 Å². The lowest BCUT2D eigenvalue weighted by Gasteiger charge is -2.19. The zero-order valence-corrected chi connectivity index (χ0v) is 21.7. The first-order valence-corrected chi connectivity index (χ1v) is 13.7. The molecule has 2 heterocycles. The van der Waals surface area contributed by atoms with Gasteiger partial charge in [-0.2, -0.15) is 0 Å². The van der Waals surface area contributed by atoms with Crippen LogP contribution in [0.1, 0.15) is 48.0 Å². The average Bonchev–Trinajstić information content (AvgIpc) is 3.12. The Hall–Kier alpha value is -3.15. The number of ketones is 1. The third kappa shape index (κ3) is 5.63. The lowest BCUT2D eigenvalue weighted by atomic mass is 9.97. The van der Waals surface area contributed by atoms with Crippen LogP contribution in [0.25, 0.3) is 20.5 Å². The van der Waals surface area contributed by atoms with E-state index >= 15 is 0 Å². The van der Waals surface area contributed by atoms with Gasteiger partial charge in [0, 0.05) is 32.6 Å². The molecule has 0 radical (unpaired) electrons. The molecule has 3 aromatic carbocycles. The third-order valence-electron chi connectivity index (χ3n) is 6.88. The van der Waals surface area contributed by atoms with Crippen molar-refractivity contribution < 1.29 is 14.3 Å². The molecule has 186 valence electrons. The van der Waals surface area contributed by atoms with E-state index in [9.17, 15) is 4.79 Å². The van der Waals surface area contributed by atoms with Crippen molar-refractivity contribution in [1.29, 1.82) is 0 Å². The van der Waals surface area contributed by atoms with Gasteiger partial charge in [0.25, 0.3) is 0 Å². The molecule has 0 spiro atoms. The Morgan fingerprint density at radius 3 is 2.28 bits per heavy atom. The topological polar surface area (TPSA) is 38.8 Å². The number of carbonyl (C=O) groups excluding carboxylic acids is 1. The molecule has 5 heteroatoms. The van der Waals surface area contributed by atoms with Crippen LogP contribution in [0.4, 0.5) is 0 Å². The van der Waals surface area contributed by atoms with Gasteiger partial charge in [-0.15, -0.1) is 11.3 Å². The molecule has 4 aromatic rings. The number of ether oxygens (including phenoxy) is 2. The van der Waals surface area contributed by atoms with E-state index in [0.29, 0.717) is 12.2 Å². The first-order chi connectivity index (χ1) is 17.7. The molecule has 0 saturated carbocycles. The normalized spacial score (nSPS) is 14.5. The molecule has 4 nitrogen and oxygen atoms in total. The molecule has 5 rings (SSSR count). The molecule has 1 saturated heterocycles. The molecule has 1 aliphatic heterocycles. The van der Waals surface area contributed by atoms with Crippen molar-refractivity contribution in [3.05, 3.63) is 83.9 Å². The Labute approximate surface area is 217 Å². The van der Waals surface area contributed by atoms with E-state index in [0.717, 1.165) is 50.6 Å². The first kappa shape index (κ1) is 24.5. The molecule has 1 fully saturated rings. The molecule has 1 aromatic heterocycles. The number of fused-ring (bicyclic) bond motifs is 1. The SMILES string of the molecule is COc1ccc(-c2sc3ccccc3c2C(=O)c2ccc(OCCCN3CCCCCC3)cc2)cc1. The van der Waals surface area contributed by atoms with Crippen molar-refractivity contribution in [3.63, 3.8) is 0 Å². The van der Waals surface area contributed by atoms with Gasteiger partial charge in [-0.05, 0) is 92.5 Å². The van der Waals surface area contributed by atoms with E-state index in [2.05, 4.69) is 11.0 Å². The van der Waals surface area contributed by atoms with E-state index in [1.54, 1.807) is 18.4 Å². The standard InChI is InChI=1S/C31H33NO3S/c1-34-25-15-13-24(14-16-25)31-29(27-9-4-5-10-28(27)36-31)30(33)23-11-17-26(18-12-23)35-22-8-21-32-19-6-2-3-7-20-32/h4-5,9-18H,2-3,6-8,19-22H2,1H3. The Morgan fingerprint density at radius 2 is 1.56 bits per heavy atom. The first-order valence-electron chi connectivity index (χ1n) is 12.9. The summed E-state index contributed by atoms with van der Waals surface area (Å²) in [5, 5.41) is 0.993. The van der Waals surface area contributed by atoms with Crippen LogP contribution in [0.15, 0.2) is 72.8 Å². The van der Waals surface area contributed by atoms with Gasteiger partial charge in [0.05, 0.1) is 13.7 Å². The van der Waals surface area contributed by atoms with Gasteiger partial charge in [0.1, 0.15) is 11.5 Å². The van der Waals surface area contributed by atoms with Crippen LogP contribution in [-0.4, -0.2) is 44.0 Å². The van der Waals surface area contributed by atoms with Crippen LogP contribution >= 0.6 is 11.3 Å². The molecule has 0 N–H and O–H groups in total. The highest BCUT2D eigenvalue weighted by Crippen LogP contribution is 2.40. The summed E-state index contributed by atoms with van der Waals surface area (Å²) < 4.78 is 12.4. The Kier molecular flexibility index (Phi) is 7.99. The van der Waals surface area contributed by atoms with E-state index in [1.807, 2.05) is 66.7 Å². The number of nitrogens with zero attached hydrogens (tertiary/aromatic N) is 1. The predicted molar refractivity (Wildman–Crippen MR) is 149 cm³/mol. The summed E-state index contributed by atoms with van der Waals surface area (Å²) >= 11 is 1.65. The fourth-order valence-corrected chi connectivity index (χ4v) is 6.11. The Morgan fingerprint density at radius 1 is 0.861 bits per heavy atom. The summed E-state index contributed by atoms with van der Waals surface area (Å²) in [4.78, 5) is 17.3. The molecule has 0 atom stereocenters. The average molecular weight is 500 g/mol. The largest absolute Gasteiger partial charge is 0.497 e. The maximum atomic E-state index is 13.7. The highest BCUT2D eigenvalue weighted by atomic mass is 32.1. The van der Waals surface area contributed by atoms with Crippen molar-refractivity contribution >= 4 is 27.2 Å². The number of benzene rings is 3. The second-order valence-electron chi connectivity index (χ2n) is 9.34. The molecule has 0 aliphatic carbocycles.